The van der Waals surface area contributed by atoms with Gasteiger partial charge in [-0.3, -0.25) is 0 Å². The standard InChI is InChI=1S/C18H27NO2/c1-3-19-16(18(20-2)14-6-7-14)8-4-13-5-9-17-15(12-13)10-11-21-17/h5,9,12,14,16,18-19H,3-4,6-8,10-11H2,1-2H3. The van der Waals surface area contributed by atoms with Crippen molar-refractivity contribution in [3.8, 4) is 5.75 Å². The summed E-state index contributed by atoms with van der Waals surface area (Å²) in [5.74, 6) is 1.85. The fourth-order valence-electron chi connectivity index (χ4n) is 3.47. The molecule has 1 fully saturated rings. The van der Waals surface area contributed by atoms with Crippen LogP contribution in [0.5, 0.6) is 5.75 Å². The first-order chi connectivity index (χ1) is 10.3. The largest absolute Gasteiger partial charge is 0.493 e. The van der Waals surface area contributed by atoms with E-state index in [1.54, 1.807) is 0 Å². The van der Waals surface area contributed by atoms with Crippen LogP contribution >= 0.6 is 0 Å². The van der Waals surface area contributed by atoms with Gasteiger partial charge in [0.15, 0.2) is 0 Å². The molecule has 1 aromatic carbocycles. The van der Waals surface area contributed by atoms with Crippen LogP contribution in [-0.2, 0) is 17.6 Å². The van der Waals surface area contributed by atoms with Crippen molar-refractivity contribution >= 4 is 0 Å². The van der Waals surface area contributed by atoms with E-state index in [9.17, 15) is 0 Å². The van der Waals surface area contributed by atoms with Gasteiger partial charge in [-0.15, -0.1) is 0 Å². The highest BCUT2D eigenvalue weighted by atomic mass is 16.5. The summed E-state index contributed by atoms with van der Waals surface area (Å²) in [7, 11) is 1.86. The number of hydrogen-bond donors (Lipinski definition) is 1. The second-order valence-corrected chi connectivity index (χ2v) is 6.28. The minimum atomic E-state index is 0.378. The molecule has 21 heavy (non-hydrogen) atoms. The van der Waals surface area contributed by atoms with E-state index in [-0.39, 0.29) is 0 Å². The summed E-state index contributed by atoms with van der Waals surface area (Å²) in [5, 5.41) is 3.63. The minimum Gasteiger partial charge on any atom is -0.493 e. The van der Waals surface area contributed by atoms with Crippen LogP contribution < -0.4 is 10.1 Å². The topological polar surface area (TPSA) is 30.5 Å². The first-order valence-corrected chi connectivity index (χ1v) is 8.32. The molecule has 1 heterocycles. The Labute approximate surface area is 128 Å². The summed E-state index contributed by atoms with van der Waals surface area (Å²) < 4.78 is 11.3. The molecular formula is C18H27NO2. The fourth-order valence-corrected chi connectivity index (χ4v) is 3.47. The molecule has 0 amide bonds. The van der Waals surface area contributed by atoms with E-state index < -0.39 is 0 Å². The van der Waals surface area contributed by atoms with Crippen LogP contribution in [0.4, 0.5) is 0 Å². The normalized spacial score (nSPS) is 19.9. The van der Waals surface area contributed by atoms with Crippen LogP contribution in [-0.4, -0.2) is 32.4 Å². The summed E-state index contributed by atoms with van der Waals surface area (Å²) in [6.07, 6.45) is 6.35. The Morgan fingerprint density at radius 1 is 1.38 bits per heavy atom. The maximum atomic E-state index is 5.77. The average molecular weight is 289 g/mol. The molecule has 3 heteroatoms. The lowest BCUT2D eigenvalue weighted by Gasteiger charge is -2.27. The zero-order chi connectivity index (χ0) is 14.7. The zero-order valence-electron chi connectivity index (χ0n) is 13.2. The Balaban J connectivity index is 1.60. The molecule has 1 N–H and O–H groups in total. The lowest BCUT2D eigenvalue weighted by atomic mass is 9.97. The van der Waals surface area contributed by atoms with Crippen LogP contribution in [0.2, 0.25) is 0 Å². The monoisotopic (exact) mass is 289 g/mol. The van der Waals surface area contributed by atoms with Gasteiger partial charge in [0.1, 0.15) is 5.75 Å². The number of nitrogens with one attached hydrogen (secondary N) is 1. The van der Waals surface area contributed by atoms with Gasteiger partial charge in [-0.05, 0) is 55.3 Å². The average Bonchev–Trinajstić information content (AvgIpc) is 3.22. The Hall–Kier alpha value is -1.06. The summed E-state index contributed by atoms with van der Waals surface area (Å²) in [5.41, 5.74) is 2.80. The van der Waals surface area contributed by atoms with Gasteiger partial charge in [0, 0.05) is 19.6 Å². The molecule has 0 aromatic heterocycles. The van der Waals surface area contributed by atoms with E-state index in [1.807, 2.05) is 7.11 Å². The first kappa shape index (κ1) is 14.9. The SMILES string of the molecule is CCNC(CCc1ccc2c(c1)CCO2)C(OC)C1CC1. The second-order valence-electron chi connectivity index (χ2n) is 6.28. The molecule has 2 unspecified atom stereocenters. The van der Waals surface area contributed by atoms with Gasteiger partial charge in [0.05, 0.1) is 12.7 Å². The fraction of sp³-hybridized carbons (Fsp3) is 0.667. The van der Waals surface area contributed by atoms with Gasteiger partial charge < -0.3 is 14.8 Å². The lowest BCUT2D eigenvalue weighted by Crippen LogP contribution is -2.42. The van der Waals surface area contributed by atoms with Gasteiger partial charge >= 0.3 is 0 Å². The van der Waals surface area contributed by atoms with Crippen LogP contribution in [0.25, 0.3) is 0 Å². The lowest BCUT2D eigenvalue weighted by molar-refractivity contribution is 0.0490. The molecular weight excluding hydrogens is 262 g/mol. The Morgan fingerprint density at radius 3 is 2.95 bits per heavy atom. The maximum absolute atomic E-state index is 5.77. The number of aryl methyl sites for hydroxylation is 1. The number of methoxy groups -OCH3 is 1. The molecule has 2 atom stereocenters. The summed E-state index contributed by atoms with van der Waals surface area (Å²) in [4.78, 5) is 0. The summed E-state index contributed by atoms with van der Waals surface area (Å²) in [6, 6.07) is 7.14. The van der Waals surface area contributed by atoms with Crippen molar-refractivity contribution in [2.75, 3.05) is 20.3 Å². The van der Waals surface area contributed by atoms with Gasteiger partial charge in [0.25, 0.3) is 0 Å². The molecule has 3 nitrogen and oxygen atoms in total. The Morgan fingerprint density at radius 2 is 2.24 bits per heavy atom. The van der Waals surface area contributed by atoms with Crippen molar-refractivity contribution in [1.29, 1.82) is 0 Å². The molecule has 1 aliphatic heterocycles. The highest BCUT2D eigenvalue weighted by Crippen LogP contribution is 2.36. The zero-order valence-corrected chi connectivity index (χ0v) is 13.2. The van der Waals surface area contributed by atoms with Crippen molar-refractivity contribution in [1.82, 2.24) is 5.32 Å². The van der Waals surface area contributed by atoms with E-state index in [2.05, 4.69) is 30.4 Å². The third kappa shape index (κ3) is 3.58. The van der Waals surface area contributed by atoms with E-state index in [1.165, 1.54) is 24.0 Å². The Kier molecular flexibility index (Phi) is 4.81. The number of fused-ring (bicyclic) bond motifs is 1. The number of rotatable bonds is 8. The maximum Gasteiger partial charge on any atom is 0.122 e. The smallest absolute Gasteiger partial charge is 0.122 e. The van der Waals surface area contributed by atoms with Crippen molar-refractivity contribution in [3.05, 3.63) is 29.3 Å². The third-order valence-corrected chi connectivity index (χ3v) is 4.72. The molecule has 1 aliphatic carbocycles. The summed E-state index contributed by atoms with van der Waals surface area (Å²) in [6.45, 7) is 4.03. The van der Waals surface area contributed by atoms with Gasteiger partial charge in [-0.1, -0.05) is 19.1 Å². The van der Waals surface area contributed by atoms with E-state index in [0.29, 0.717) is 12.1 Å². The number of ether oxygens (including phenoxy) is 2. The van der Waals surface area contributed by atoms with Gasteiger partial charge in [-0.25, -0.2) is 0 Å². The van der Waals surface area contributed by atoms with Gasteiger partial charge in [-0.2, -0.15) is 0 Å². The van der Waals surface area contributed by atoms with E-state index in [0.717, 1.165) is 44.1 Å². The molecule has 2 aliphatic rings. The van der Waals surface area contributed by atoms with Crippen LogP contribution in [0.3, 0.4) is 0 Å². The second kappa shape index (κ2) is 6.80. The van der Waals surface area contributed by atoms with E-state index in [4.69, 9.17) is 9.47 Å². The Bertz CT molecular complexity index is 470. The molecule has 1 aromatic rings. The molecule has 0 bridgehead atoms. The van der Waals surface area contributed by atoms with Crippen molar-refractivity contribution in [3.63, 3.8) is 0 Å². The van der Waals surface area contributed by atoms with Crippen LogP contribution in [0.15, 0.2) is 18.2 Å². The minimum absolute atomic E-state index is 0.378. The number of likely N-dealkylation sites (N-methyl/N-ethyl adjacent to an activating group) is 1. The first-order valence-electron chi connectivity index (χ1n) is 8.32. The van der Waals surface area contributed by atoms with Crippen molar-refractivity contribution in [2.24, 2.45) is 5.92 Å². The highest BCUT2D eigenvalue weighted by Gasteiger charge is 2.36. The van der Waals surface area contributed by atoms with Gasteiger partial charge in [0.2, 0.25) is 0 Å². The highest BCUT2D eigenvalue weighted by molar-refractivity contribution is 5.39. The number of benzene rings is 1. The summed E-state index contributed by atoms with van der Waals surface area (Å²) >= 11 is 0. The van der Waals surface area contributed by atoms with E-state index >= 15 is 0 Å². The predicted octanol–water partition coefficient (Wildman–Crippen LogP) is 2.96. The molecule has 3 rings (SSSR count). The van der Waals surface area contributed by atoms with Crippen LogP contribution in [0, 0.1) is 5.92 Å². The van der Waals surface area contributed by atoms with Crippen molar-refractivity contribution < 1.29 is 9.47 Å². The molecule has 1 saturated carbocycles. The molecule has 116 valence electrons. The molecule has 0 radical (unpaired) electrons. The quantitative estimate of drug-likeness (QED) is 0.798. The molecule has 0 spiro atoms. The van der Waals surface area contributed by atoms with Crippen molar-refractivity contribution in [2.45, 2.75) is 51.2 Å². The number of hydrogen-bond acceptors (Lipinski definition) is 3. The third-order valence-electron chi connectivity index (χ3n) is 4.72. The molecule has 0 saturated heterocycles. The predicted molar refractivity (Wildman–Crippen MR) is 84.9 cm³/mol. The van der Waals surface area contributed by atoms with Crippen LogP contribution in [0.1, 0.15) is 37.3 Å².